The molecule has 0 aromatic heterocycles. The van der Waals surface area contributed by atoms with E-state index in [0.717, 1.165) is 22.6 Å². The number of ether oxygens (including phenoxy) is 3. The first-order chi connectivity index (χ1) is 9.76. The Bertz CT molecular complexity index is 680. The highest BCUT2D eigenvalue weighted by atomic mass is 16.5. The number of methoxy groups -OCH3 is 1. The van der Waals surface area contributed by atoms with Crippen molar-refractivity contribution in [3.63, 3.8) is 0 Å². The zero-order chi connectivity index (χ0) is 13.7. The van der Waals surface area contributed by atoms with Gasteiger partial charge in [-0.25, -0.2) is 0 Å². The Kier molecular flexibility index (Phi) is 2.33. The number of phenolic OH excluding ortho intramolecular Hbond substituents is 1. The van der Waals surface area contributed by atoms with Gasteiger partial charge in [-0.15, -0.1) is 0 Å². The molecule has 2 aliphatic rings. The van der Waals surface area contributed by atoms with E-state index in [4.69, 9.17) is 14.2 Å². The Morgan fingerprint density at radius 2 is 1.95 bits per heavy atom. The number of phenols is 1. The largest absolute Gasteiger partial charge is 0.508 e. The normalized spacial score (nSPS) is 22.1. The van der Waals surface area contributed by atoms with Crippen LogP contribution < -0.4 is 14.2 Å². The molecular weight excluding hydrogens is 256 g/mol. The zero-order valence-electron chi connectivity index (χ0n) is 11.0. The van der Waals surface area contributed by atoms with E-state index in [1.807, 2.05) is 24.3 Å². The maximum absolute atomic E-state index is 9.53. The first kappa shape index (κ1) is 11.5. The van der Waals surface area contributed by atoms with Crippen LogP contribution in [0.15, 0.2) is 36.4 Å². The molecule has 0 saturated carbocycles. The number of hydrogen-bond donors (Lipinski definition) is 1. The second kappa shape index (κ2) is 4.07. The second-order valence-corrected chi connectivity index (χ2v) is 5.08. The molecule has 4 rings (SSSR count). The van der Waals surface area contributed by atoms with Gasteiger partial charge < -0.3 is 19.3 Å². The lowest BCUT2D eigenvalue weighted by atomic mass is 9.89. The average Bonchev–Trinajstić information content (AvgIpc) is 2.84. The van der Waals surface area contributed by atoms with Crippen LogP contribution in [0, 0.1) is 0 Å². The third-order valence-corrected chi connectivity index (χ3v) is 3.96. The molecular formula is C16H14O4. The lowest BCUT2D eigenvalue weighted by molar-refractivity contribution is 0.139. The van der Waals surface area contributed by atoms with E-state index in [1.165, 1.54) is 0 Å². The van der Waals surface area contributed by atoms with Crippen LogP contribution in [0.25, 0.3) is 0 Å². The quantitative estimate of drug-likeness (QED) is 0.865. The van der Waals surface area contributed by atoms with Gasteiger partial charge in [0.05, 0.1) is 19.6 Å². The Morgan fingerprint density at radius 3 is 2.80 bits per heavy atom. The molecule has 2 atom stereocenters. The Morgan fingerprint density at radius 1 is 1.10 bits per heavy atom. The third-order valence-electron chi connectivity index (χ3n) is 3.96. The first-order valence-electron chi connectivity index (χ1n) is 6.56. The topological polar surface area (TPSA) is 47.9 Å². The van der Waals surface area contributed by atoms with E-state index in [-0.39, 0.29) is 17.8 Å². The smallest absolute Gasteiger partial charge is 0.138 e. The summed E-state index contributed by atoms with van der Waals surface area (Å²) in [4.78, 5) is 0. The Hall–Kier alpha value is -2.36. The molecule has 0 saturated heterocycles. The molecule has 0 spiro atoms. The molecule has 2 heterocycles. The highest BCUT2D eigenvalue weighted by molar-refractivity contribution is 5.52. The van der Waals surface area contributed by atoms with E-state index in [2.05, 4.69) is 0 Å². The summed E-state index contributed by atoms with van der Waals surface area (Å²) in [6.45, 7) is 0.556. The van der Waals surface area contributed by atoms with Crippen molar-refractivity contribution in [3.8, 4) is 23.0 Å². The summed E-state index contributed by atoms with van der Waals surface area (Å²) >= 11 is 0. The maximum atomic E-state index is 9.53. The fraction of sp³-hybridized carbons (Fsp3) is 0.250. The summed E-state index contributed by atoms with van der Waals surface area (Å²) in [5, 5.41) is 9.53. The van der Waals surface area contributed by atoms with E-state index >= 15 is 0 Å². The lowest BCUT2D eigenvalue weighted by Gasteiger charge is -2.27. The van der Waals surface area contributed by atoms with Crippen LogP contribution in [0.3, 0.4) is 0 Å². The minimum atomic E-state index is -0.0542. The maximum Gasteiger partial charge on any atom is 0.138 e. The van der Waals surface area contributed by atoms with Crippen molar-refractivity contribution in [1.82, 2.24) is 0 Å². The minimum Gasteiger partial charge on any atom is -0.508 e. The van der Waals surface area contributed by atoms with Crippen molar-refractivity contribution in [1.29, 1.82) is 0 Å². The van der Waals surface area contributed by atoms with Crippen LogP contribution in [-0.4, -0.2) is 18.8 Å². The van der Waals surface area contributed by atoms with Gasteiger partial charge in [0, 0.05) is 23.3 Å². The number of rotatable bonds is 1. The van der Waals surface area contributed by atoms with Crippen molar-refractivity contribution in [3.05, 3.63) is 47.5 Å². The van der Waals surface area contributed by atoms with Crippen molar-refractivity contribution in [2.24, 2.45) is 0 Å². The molecule has 0 bridgehead atoms. The molecule has 102 valence electrons. The monoisotopic (exact) mass is 270 g/mol. The van der Waals surface area contributed by atoms with Gasteiger partial charge in [-0.3, -0.25) is 0 Å². The molecule has 1 N–H and O–H groups in total. The fourth-order valence-electron chi connectivity index (χ4n) is 2.95. The number of benzene rings is 2. The van der Waals surface area contributed by atoms with E-state index in [0.29, 0.717) is 12.4 Å². The summed E-state index contributed by atoms with van der Waals surface area (Å²) < 4.78 is 17.1. The predicted octanol–water partition coefficient (Wildman–Crippen LogP) is 3.01. The van der Waals surface area contributed by atoms with Gasteiger partial charge in [0.2, 0.25) is 0 Å². The molecule has 2 aliphatic heterocycles. The Labute approximate surface area is 116 Å². The van der Waals surface area contributed by atoms with Crippen molar-refractivity contribution in [2.75, 3.05) is 13.7 Å². The van der Waals surface area contributed by atoms with Crippen molar-refractivity contribution in [2.45, 2.75) is 12.0 Å². The van der Waals surface area contributed by atoms with E-state index in [9.17, 15) is 5.11 Å². The standard InChI is InChI=1S/C16H14O4/c1-18-10-3-5-11-13-8-19-14-6-9(17)2-4-12(14)16(13)20-15(11)7-10/h2-7,13,16-17H,8H2,1H3/t13-,16-/m1/s1. The highest BCUT2D eigenvalue weighted by Gasteiger charge is 2.40. The number of aromatic hydroxyl groups is 1. The highest BCUT2D eigenvalue weighted by Crippen LogP contribution is 2.52. The predicted molar refractivity (Wildman–Crippen MR) is 72.7 cm³/mol. The van der Waals surface area contributed by atoms with Crippen molar-refractivity contribution >= 4 is 0 Å². The van der Waals surface area contributed by atoms with Gasteiger partial charge in [0.1, 0.15) is 29.1 Å². The molecule has 0 aliphatic carbocycles. The summed E-state index contributed by atoms with van der Waals surface area (Å²) in [5.74, 6) is 2.73. The molecule has 0 amide bonds. The van der Waals surface area contributed by atoms with Crippen LogP contribution in [0.2, 0.25) is 0 Å². The lowest BCUT2D eigenvalue weighted by Crippen LogP contribution is -2.22. The zero-order valence-corrected chi connectivity index (χ0v) is 11.0. The summed E-state index contributed by atoms with van der Waals surface area (Å²) in [6, 6.07) is 11.1. The SMILES string of the molecule is COc1ccc2c(c1)O[C@@H]1c3ccc(O)cc3OC[C@H]21. The molecule has 20 heavy (non-hydrogen) atoms. The summed E-state index contributed by atoms with van der Waals surface area (Å²) in [5.41, 5.74) is 2.13. The van der Waals surface area contributed by atoms with Gasteiger partial charge in [-0.05, 0) is 18.2 Å². The van der Waals surface area contributed by atoms with Crippen molar-refractivity contribution < 1.29 is 19.3 Å². The van der Waals surface area contributed by atoms with Gasteiger partial charge >= 0.3 is 0 Å². The Balaban J connectivity index is 1.78. The first-order valence-corrected chi connectivity index (χ1v) is 6.56. The van der Waals surface area contributed by atoms with Gasteiger partial charge in [-0.2, -0.15) is 0 Å². The molecule has 0 fully saturated rings. The molecule has 4 heteroatoms. The second-order valence-electron chi connectivity index (χ2n) is 5.08. The van der Waals surface area contributed by atoms with E-state index in [1.54, 1.807) is 19.2 Å². The molecule has 4 nitrogen and oxygen atoms in total. The van der Waals surface area contributed by atoms with Crippen LogP contribution in [0.1, 0.15) is 23.1 Å². The van der Waals surface area contributed by atoms with Crippen LogP contribution in [-0.2, 0) is 0 Å². The molecule has 2 aromatic rings. The third kappa shape index (κ3) is 1.54. The molecule has 2 aromatic carbocycles. The number of fused-ring (bicyclic) bond motifs is 5. The average molecular weight is 270 g/mol. The van der Waals surface area contributed by atoms with Crippen LogP contribution in [0.5, 0.6) is 23.0 Å². The van der Waals surface area contributed by atoms with E-state index < -0.39 is 0 Å². The van der Waals surface area contributed by atoms with Gasteiger partial charge in [0.25, 0.3) is 0 Å². The summed E-state index contributed by atoms with van der Waals surface area (Å²) in [6.07, 6.45) is -0.0542. The van der Waals surface area contributed by atoms with Crippen LogP contribution >= 0.6 is 0 Å². The molecule has 0 unspecified atom stereocenters. The molecule has 0 radical (unpaired) electrons. The van der Waals surface area contributed by atoms with Gasteiger partial charge in [-0.1, -0.05) is 6.07 Å². The fourth-order valence-corrected chi connectivity index (χ4v) is 2.95. The minimum absolute atomic E-state index is 0.0542. The van der Waals surface area contributed by atoms with Crippen LogP contribution in [0.4, 0.5) is 0 Å². The summed E-state index contributed by atoms with van der Waals surface area (Å²) in [7, 11) is 1.64. The number of hydrogen-bond acceptors (Lipinski definition) is 4. The van der Waals surface area contributed by atoms with Gasteiger partial charge in [0.15, 0.2) is 0 Å².